The van der Waals surface area contributed by atoms with E-state index in [2.05, 4.69) is 11.3 Å². The predicted molar refractivity (Wildman–Crippen MR) is 68.1 cm³/mol. The van der Waals surface area contributed by atoms with Gasteiger partial charge < -0.3 is 5.11 Å². The third-order valence-corrected chi connectivity index (χ3v) is 4.12. The summed E-state index contributed by atoms with van der Waals surface area (Å²) >= 11 is 0. The quantitative estimate of drug-likeness (QED) is 0.794. The van der Waals surface area contributed by atoms with Crippen LogP contribution in [0.15, 0.2) is 35.7 Å². The second kappa shape index (κ2) is 5.32. The molecule has 6 heteroatoms. The van der Waals surface area contributed by atoms with Crippen molar-refractivity contribution >= 4 is 16.0 Å². The number of carbonyl (C=O) groups is 1. The summed E-state index contributed by atoms with van der Waals surface area (Å²) in [4.78, 5) is 10.8. The zero-order valence-corrected chi connectivity index (χ0v) is 11.0. The monoisotopic (exact) mass is 269 g/mol. The number of hydrogen-bond acceptors (Lipinski definition) is 3. The number of aromatic carboxylic acids is 1. The van der Waals surface area contributed by atoms with E-state index in [9.17, 15) is 13.2 Å². The molecule has 0 bridgehead atoms. The van der Waals surface area contributed by atoms with Crippen LogP contribution in [0.3, 0.4) is 0 Å². The number of nitrogens with one attached hydrogen (secondary N) is 1. The molecule has 0 amide bonds. The molecule has 1 rings (SSSR count). The van der Waals surface area contributed by atoms with Gasteiger partial charge in [0.05, 0.1) is 10.5 Å². The lowest BCUT2D eigenvalue weighted by molar-refractivity contribution is 0.0696. The van der Waals surface area contributed by atoms with Gasteiger partial charge in [-0.2, -0.15) is 0 Å². The van der Waals surface area contributed by atoms with Crippen LogP contribution >= 0.6 is 0 Å². The first-order valence-corrected chi connectivity index (χ1v) is 6.75. The highest BCUT2D eigenvalue weighted by Gasteiger charge is 2.20. The van der Waals surface area contributed by atoms with Crippen molar-refractivity contribution in [2.24, 2.45) is 0 Å². The molecule has 1 aromatic carbocycles. The normalized spacial score (nSPS) is 13.0. The van der Waals surface area contributed by atoms with Gasteiger partial charge in [0, 0.05) is 6.04 Å². The summed E-state index contributed by atoms with van der Waals surface area (Å²) in [6.45, 7) is 6.74. The number of hydrogen-bond donors (Lipinski definition) is 2. The van der Waals surface area contributed by atoms with E-state index >= 15 is 0 Å². The minimum absolute atomic E-state index is 0.0314. The molecule has 18 heavy (non-hydrogen) atoms. The van der Waals surface area contributed by atoms with Crippen LogP contribution in [0.25, 0.3) is 0 Å². The van der Waals surface area contributed by atoms with Gasteiger partial charge in [0.2, 0.25) is 10.0 Å². The van der Waals surface area contributed by atoms with Crippen LogP contribution in [0.4, 0.5) is 0 Å². The smallest absolute Gasteiger partial charge is 0.335 e. The summed E-state index contributed by atoms with van der Waals surface area (Å²) in [6.07, 6.45) is 1.45. The van der Waals surface area contributed by atoms with Gasteiger partial charge in [0.25, 0.3) is 0 Å². The highest BCUT2D eigenvalue weighted by Crippen LogP contribution is 2.17. The molecule has 0 heterocycles. The largest absolute Gasteiger partial charge is 0.478 e. The molecule has 0 fully saturated rings. The molecule has 98 valence electrons. The Morgan fingerprint density at radius 3 is 2.61 bits per heavy atom. The summed E-state index contributed by atoms with van der Waals surface area (Å²) < 4.78 is 26.5. The molecule has 0 aliphatic heterocycles. The molecule has 1 atom stereocenters. The highest BCUT2D eigenvalue weighted by atomic mass is 32.2. The fourth-order valence-electron chi connectivity index (χ4n) is 1.38. The van der Waals surface area contributed by atoms with Crippen LogP contribution in [-0.2, 0) is 10.0 Å². The molecule has 1 unspecified atom stereocenters. The fraction of sp³-hybridized carbons (Fsp3) is 0.250. The Morgan fingerprint density at radius 1 is 1.50 bits per heavy atom. The molecule has 0 aliphatic rings. The highest BCUT2D eigenvalue weighted by molar-refractivity contribution is 7.89. The molecule has 5 nitrogen and oxygen atoms in total. The maximum Gasteiger partial charge on any atom is 0.335 e. The van der Waals surface area contributed by atoms with Crippen molar-refractivity contribution in [1.82, 2.24) is 4.72 Å². The molecular weight excluding hydrogens is 254 g/mol. The Hall–Kier alpha value is -1.66. The molecule has 0 aromatic heterocycles. The Bertz CT molecular complexity index is 578. The van der Waals surface area contributed by atoms with E-state index in [4.69, 9.17) is 5.11 Å². The Kier molecular flexibility index (Phi) is 4.26. The fourth-order valence-corrected chi connectivity index (χ4v) is 2.87. The Morgan fingerprint density at radius 2 is 2.11 bits per heavy atom. The second-order valence-electron chi connectivity index (χ2n) is 3.93. The van der Waals surface area contributed by atoms with E-state index in [0.29, 0.717) is 5.56 Å². The van der Waals surface area contributed by atoms with Crippen LogP contribution in [0, 0.1) is 6.92 Å². The molecule has 0 saturated carbocycles. The van der Waals surface area contributed by atoms with Crippen molar-refractivity contribution in [3.8, 4) is 0 Å². The molecule has 0 radical (unpaired) electrons. The van der Waals surface area contributed by atoms with Crippen LogP contribution < -0.4 is 4.72 Å². The lowest BCUT2D eigenvalue weighted by Crippen LogP contribution is -2.31. The van der Waals surface area contributed by atoms with Crippen molar-refractivity contribution in [1.29, 1.82) is 0 Å². The first-order valence-electron chi connectivity index (χ1n) is 5.26. The third kappa shape index (κ3) is 3.18. The van der Waals surface area contributed by atoms with Crippen molar-refractivity contribution in [3.05, 3.63) is 42.0 Å². The van der Waals surface area contributed by atoms with E-state index in [1.807, 2.05) is 0 Å². The second-order valence-corrected chi connectivity index (χ2v) is 5.61. The minimum atomic E-state index is -3.74. The standard InChI is InChI=1S/C12H15NO4S/c1-4-9(3)13-18(16,17)11-7-10(12(14)15)6-5-8(11)2/h4-7,9,13H,1H2,2-3H3,(H,14,15). The van der Waals surface area contributed by atoms with Crippen LogP contribution in [0.5, 0.6) is 0 Å². The zero-order valence-electron chi connectivity index (χ0n) is 10.2. The maximum atomic E-state index is 12.0. The zero-order chi connectivity index (χ0) is 13.9. The first kappa shape index (κ1) is 14.4. The number of carboxylic acids is 1. The summed E-state index contributed by atoms with van der Waals surface area (Å²) in [7, 11) is -3.74. The Labute approximate surface area is 106 Å². The molecule has 1 aromatic rings. The summed E-state index contributed by atoms with van der Waals surface area (Å²) in [6, 6.07) is 3.56. The number of carboxylic acid groups (broad SMARTS) is 1. The van der Waals surface area contributed by atoms with Gasteiger partial charge in [-0.3, -0.25) is 0 Å². The number of rotatable bonds is 5. The average Bonchev–Trinajstić information content (AvgIpc) is 2.28. The molecule has 0 aliphatic carbocycles. The minimum Gasteiger partial charge on any atom is -0.478 e. The number of sulfonamides is 1. The predicted octanol–water partition coefficient (Wildman–Crippen LogP) is 1.55. The van der Waals surface area contributed by atoms with E-state index < -0.39 is 22.0 Å². The molecule has 0 saturated heterocycles. The lowest BCUT2D eigenvalue weighted by Gasteiger charge is -2.12. The summed E-state index contributed by atoms with van der Waals surface area (Å²) in [5.74, 6) is -1.16. The SMILES string of the molecule is C=CC(C)NS(=O)(=O)c1cc(C(=O)O)ccc1C. The number of benzene rings is 1. The molecule has 2 N–H and O–H groups in total. The summed E-state index contributed by atoms with van der Waals surface area (Å²) in [5, 5.41) is 8.86. The van der Waals surface area contributed by atoms with Crippen molar-refractivity contribution in [2.45, 2.75) is 24.8 Å². The van der Waals surface area contributed by atoms with Crippen molar-refractivity contribution in [2.75, 3.05) is 0 Å². The van der Waals surface area contributed by atoms with E-state index in [1.165, 1.54) is 18.2 Å². The third-order valence-electron chi connectivity index (χ3n) is 2.42. The maximum absolute atomic E-state index is 12.0. The lowest BCUT2D eigenvalue weighted by atomic mass is 10.1. The molecular formula is C12H15NO4S. The topological polar surface area (TPSA) is 83.5 Å². The van der Waals surface area contributed by atoms with Gasteiger partial charge in [0.1, 0.15) is 0 Å². The van der Waals surface area contributed by atoms with Crippen LogP contribution in [0.1, 0.15) is 22.8 Å². The van der Waals surface area contributed by atoms with E-state index in [-0.39, 0.29) is 10.5 Å². The van der Waals surface area contributed by atoms with Crippen molar-refractivity contribution < 1.29 is 18.3 Å². The average molecular weight is 269 g/mol. The van der Waals surface area contributed by atoms with Crippen LogP contribution in [-0.4, -0.2) is 25.5 Å². The van der Waals surface area contributed by atoms with E-state index in [1.54, 1.807) is 13.8 Å². The van der Waals surface area contributed by atoms with Gasteiger partial charge >= 0.3 is 5.97 Å². The van der Waals surface area contributed by atoms with Gasteiger partial charge in [-0.25, -0.2) is 17.9 Å². The Balaban J connectivity index is 3.27. The van der Waals surface area contributed by atoms with Gasteiger partial charge in [-0.15, -0.1) is 6.58 Å². The van der Waals surface area contributed by atoms with Gasteiger partial charge in [0.15, 0.2) is 0 Å². The summed E-state index contributed by atoms with van der Waals surface area (Å²) in [5.41, 5.74) is 0.427. The van der Waals surface area contributed by atoms with Gasteiger partial charge in [-0.05, 0) is 31.5 Å². The van der Waals surface area contributed by atoms with Crippen molar-refractivity contribution in [3.63, 3.8) is 0 Å². The van der Waals surface area contributed by atoms with E-state index in [0.717, 1.165) is 6.07 Å². The van der Waals surface area contributed by atoms with Gasteiger partial charge in [-0.1, -0.05) is 12.1 Å². The first-order chi connectivity index (χ1) is 8.27. The molecule has 0 spiro atoms. The number of aryl methyl sites for hydroxylation is 1. The van der Waals surface area contributed by atoms with Crippen LogP contribution in [0.2, 0.25) is 0 Å².